The first-order valence-corrected chi connectivity index (χ1v) is 7.26. The molecule has 0 saturated heterocycles. The molecular formula is C16H25IN4O. The van der Waals surface area contributed by atoms with Crippen molar-refractivity contribution >= 4 is 35.6 Å². The number of aliphatic imine (C=N–C) groups is 1. The molecule has 0 fully saturated rings. The van der Waals surface area contributed by atoms with Crippen LogP contribution in [0.25, 0.3) is 0 Å². The van der Waals surface area contributed by atoms with Gasteiger partial charge in [0.05, 0.1) is 6.61 Å². The smallest absolute Gasteiger partial charge is 0.191 e. The van der Waals surface area contributed by atoms with Crippen LogP contribution in [-0.4, -0.2) is 46.4 Å². The van der Waals surface area contributed by atoms with Crippen molar-refractivity contribution in [1.29, 1.82) is 0 Å². The second-order valence-corrected chi connectivity index (χ2v) is 4.89. The Morgan fingerprint density at radius 2 is 1.86 bits per heavy atom. The van der Waals surface area contributed by atoms with Crippen LogP contribution in [-0.2, 0) is 11.3 Å². The number of methoxy groups -OCH3 is 1. The molecule has 0 aliphatic carbocycles. The highest BCUT2D eigenvalue weighted by Gasteiger charge is 2.07. The molecule has 22 heavy (non-hydrogen) atoms. The Bertz CT molecular complexity index is 479. The second kappa shape index (κ2) is 10.4. The summed E-state index contributed by atoms with van der Waals surface area (Å²) in [5, 5.41) is 6.49. The van der Waals surface area contributed by atoms with Crippen LogP contribution in [0.5, 0.6) is 0 Å². The van der Waals surface area contributed by atoms with Crippen LogP contribution >= 0.6 is 24.0 Å². The molecule has 1 aromatic rings. The van der Waals surface area contributed by atoms with E-state index in [1.165, 1.54) is 11.3 Å². The minimum atomic E-state index is 0. The van der Waals surface area contributed by atoms with Gasteiger partial charge in [0.1, 0.15) is 0 Å². The summed E-state index contributed by atoms with van der Waals surface area (Å²) in [6.45, 7) is 4.18. The van der Waals surface area contributed by atoms with Crippen LogP contribution in [0.3, 0.4) is 0 Å². The van der Waals surface area contributed by atoms with Gasteiger partial charge < -0.3 is 20.3 Å². The maximum Gasteiger partial charge on any atom is 0.191 e. The van der Waals surface area contributed by atoms with Gasteiger partial charge in [0.2, 0.25) is 0 Å². The van der Waals surface area contributed by atoms with Gasteiger partial charge in [0.25, 0.3) is 0 Å². The van der Waals surface area contributed by atoms with Crippen LogP contribution in [0.2, 0.25) is 0 Å². The average molecular weight is 416 g/mol. The molecule has 0 unspecified atom stereocenters. The van der Waals surface area contributed by atoms with E-state index >= 15 is 0 Å². The third-order valence-electron chi connectivity index (χ3n) is 3.40. The molecule has 1 aliphatic heterocycles. The minimum absolute atomic E-state index is 0. The third-order valence-corrected chi connectivity index (χ3v) is 3.40. The molecule has 0 amide bonds. The van der Waals surface area contributed by atoms with Crippen molar-refractivity contribution in [2.75, 3.05) is 45.3 Å². The Hall–Kier alpha value is -1.28. The van der Waals surface area contributed by atoms with Crippen molar-refractivity contribution in [2.24, 2.45) is 4.99 Å². The van der Waals surface area contributed by atoms with Crippen molar-refractivity contribution in [1.82, 2.24) is 10.6 Å². The fourth-order valence-electron chi connectivity index (χ4n) is 2.19. The molecule has 1 heterocycles. The number of nitrogens with zero attached hydrogens (tertiary/aromatic N) is 2. The normalized spacial score (nSPS) is 13.9. The molecule has 2 N–H and O–H groups in total. The van der Waals surface area contributed by atoms with Crippen LogP contribution in [0, 0.1) is 0 Å². The number of anilines is 1. The van der Waals surface area contributed by atoms with Gasteiger partial charge in [-0.3, -0.25) is 4.99 Å². The Labute approximate surface area is 149 Å². The number of halogens is 1. The van der Waals surface area contributed by atoms with E-state index in [0.29, 0.717) is 6.61 Å². The lowest BCUT2D eigenvalue weighted by atomic mass is 10.2. The van der Waals surface area contributed by atoms with Gasteiger partial charge >= 0.3 is 0 Å². The summed E-state index contributed by atoms with van der Waals surface area (Å²) in [7, 11) is 3.46. The topological polar surface area (TPSA) is 48.9 Å². The number of hydrogen-bond donors (Lipinski definition) is 2. The monoisotopic (exact) mass is 416 g/mol. The maximum atomic E-state index is 5.01. The summed E-state index contributed by atoms with van der Waals surface area (Å²) in [5.74, 6) is 0.792. The third kappa shape index (κ3) is 5.84. The van der Waals surface area contributed by atoms with Crippen LogP contribution in [0.15, 0.2) is 41.4 Å². The average Bonchev–Trinajstić information content (AvgIpc) is 3.06. The lowest BCUT2D eigenvalue weighted by Crippen LogP contribution is -2.38. The van der Waals surface area contributed by atoms with Gasteiger partial charge in [-0.05, 0) is 17.7 Å². The summed E-state index contributed by atoms with van der Waals surface area (Å²) < 4.78 is 5.01. The fourth-order valence-corrected chi connectivity index (χ4v) is 2.19. The van der Waals surface area contributed by atoms with Gasteiger partial charge in [-0.25, -0.2) is 0 Å². The summed E-state index contributed by atoms with van der Waals surface area (Å²) in [6, 6.07) is 8.66. The molecule has 0 radical (unpaired) electrons. The van der Waals surface area contributed by atoms with Gasteiger partial charge in [-0.15, -0.1) is 24.0 Å². The first-order valence-electron chi connectivity index (χ1n) is 7.26. The van der Waals surface area contributed by atoms with Gasteiger partial charge in [-0.1, -0.05) is 24.3 Å². The van der Waals surface area contributed by atoms with Crippen LogP contribution in [0.4, 0.5) is 5.69 Å². The molecule has 0 bridgehead atoms. The Balaban J connectivity index is 0.00000242. The first-order chi connectivity index (χ1) is 10.3. The van der Waals surface area contributed by atoms with Crippen molar-refractivity contribution in [3.05, 3.63) is 42.0 Å². The van der Waals surface area contributed by atoms with Crippen LogP contribution in [0.1, 0.15) is 5.56 Å². The zero-order chi connectivity index (χ0) is 14.9. The van der Waals surface area contributed by atoms with E-state index in [9.17, 15) is 0 Å². The Morgan fingerprint density at radius 3 is 2.45 bits per heavy atom. The molecule has 1 aromatic carbocycles. The van der Waals surface area contributed by atoms with Crippen molar-refractivity contribution in [3.63, 3.8) is 0 Å². The standard InChI is InChI=1S/C16H24N4O.HI/c1-17-16(18-9-12-21-2)19-13-14-5-7-15(8-6-14)20-10-3-4-11-20;/h3-8H,9-13H2,1-2H3,(H2,17,18,19);1H. The van der Waals surface area contributed by atoms with Gasteiger partial charge in [-0.2, -0.15) is 0 Å². The van der Waals surface area contributed by atoms with Gasteiger partial charge in [0.15, 0.2) is 5.96 Å². The second-order valence-electron chi connectivity index (χ2n) is 4.89. The molecule has 5 nitrogen and oxygen atoms in total. The zero-order valence-corrected chi connectivity index (χ0v) is 15.5. The van der Waals surface area contributed by atoms with E-state index in [2.05, 4.69) is 56.9 Å². The van der Waals surface area contributed by atoms with E-state index in [4.69, 9.17) is 4.74 Å². The van der Waals surface area contributed by atoms with E-state index in [1.807, 2.05) is 0 Å². The Morgan fingerprint density at radius 1 is 1.18 bits per heavy atom. The van der Waals surface area contributed by atoms with E-state index in [-0.39, 0.29) is 24.0 Å². The van der Waals surface area contributed by atoms with Crippen molar-refractivity contribution in [3.8, 4) is 0 Å². The van der Waals surface area contributed by atoms with E-state index < -0.39 is 0 Å². The maximum absolute atomic E-state index is 5.01. The van der Waals surface area contributed by atoms with E-state index in [0.717, 1.165) is 32.1 Å². The summed E-state index contributed by atoms with van der Waals surface area (Å²) in [4.78, 5) is 6.51. The molecule has 2 rings (SSSR count). The zero-order valence-electron chi connectivity index (χ0n) is 13.2. The predicted molar refractivity (Wildman–Crippen MR) is 103 cm³/mol. The molecule has 1 aliphatic rings. The summed E-state index contributed by atoms with van der Waals surface area (Å²) >= 11 is 0. The molecule has 0 spiro atoms. The molecule has 6 heteroatoms. The van der Waals surface area contributed by atoms with Gasteiger partial charge in [0, 0.05) is 46.0 Å². The lowest BCUT2D eigenvalue weighted by molar-refractivity contribution is 0.203. The number of ether oxygens (including phenoxy) is 1. The minimum Gasteiger partial charge on any atom is -0.383 e. The number of hydrogen-bond acceptors (Lipinski definition) is 3. The molecule has 0 saturated carbocycles. The molecule has 0 aromatic heterocycles. The largest absolute Gasteiger partial charge is 0.383 e. The number of nitrogens with one attached hydrogen (secondary N) is 2. The van der Waals surface area contributed by atoms with Crippen molar-refractivity contribution in [2.45, 2.75) is 6.54 Å². The highest BCUT2D eigenvalue weighted by atomic mass is 127. The quantitative estimate of drug-likeness (QED) is 0.245. The lowest BCUT2D eigenvalue weighted by Gasteiger charge is -2.18. The number of rotatable bonds is 6. The van der Waals surface area contributed by atoms with Crippen molar-refractivity contribution < 1.29 is 4.74 Å². The SMILES string of the molecule is CN=C(NCCOC)NCc1ccc(N2CC=CC2)cc1.I. The molecular weight excluding hydrogens is 391 g/mol. The number of benzene rings is 1. The Kier molecular flexibility index (Phi) is 8.91. The summed E-state index contributed by atoms with van der Waals surface area (Å²) in [6.07, 6.45) is 4.40. The summed E-state index contributed by atoms with van der Waals surface area (Å²) in [5.41, 5.74) is 2.51. The number of guanidine groups is 1. The molecule has 0 atom stereocenters. The fraction of sp³-hybridized carbons (Fsp3) is 0.438. The molecule has 122 valence electrons. The predicted octanol–water partition coefficient (Wildman–Crippen LogP) is 1.99. The highest BCUT2D eigenvalue weighted by Crippen LogP contribution is 2.17. The first kappa shape index (κ1) is 18.8. The van der Waals surface area contributed by atoms with E-state index in [1.54, 1.807) is 14.2 Å². The highest BCUT2D eigenvalue weighted by molar-refractivity contribution is 14.0. The van der Waals surface area contributed by atoms with Crippen LogP contribution < -0.4 is 15.5 Å².